The Hall–Kier alpha value is -8.14. The van der Waals surface area contributed by atoms with E-state index in [-0.39, 0.29) is 0 Å². The molecule has 0 N–H and O–H groups in total. The largest absolute Gasteiger partial charge is 0.310 e. The smallest absolute Gasteiger partial charge is 0.0490 e. The maximum atomic E-state index is 2.36. The topological polar surface area (TPSA) is 9.72 Å². The molecule has 0 spiro atoms. The molecule has 0 aliphatic carbocycles. The fourth-order valence-electron chi connectivity index (χ4n) is 8.97. The zero-order valence-electron chi connectivity index (χ0n) is 41.2. The van der Waals surface area contributed by atoms with Gasteiger partial charge in [-0.2, -0.15) is 0 Å². The number of hydrogen-bond acceptors (Lipinski definition) is 3. The molecule has 0 unspecified atom stereocenters. The first-order valence-electron chi connectivity index (χ1n) is 24.0. The van der Waals surface area contributed by atoms with Gasteiger partial charge in [-0.1, -0.05) is 149 Å². The fourth-order valence-corrected chi connectivity index (χ4v) is 8.97. The van der Waals surface area contributed by atoms with Crippen LogP contribution in [0.25, 0.3) is 24.3 Å². The predicted octanol–water partition coefficient (Wildman–Crippen LogP) is 18.9. The van der Waals surface area contributed by atoms with E-state index in [2.05, 4.69) is 295 Å². The summed E-state index contributed by atoms with van der Waals surface area (Å²) in [6.45, 7) is 17.3. The molecule has 0 fully saturated rings. The Morgan fingerprint density at radius 1 is 0.232 bits per heavy atom. The first kappa shape index (κ1) is 46.0. The molecule has 9 aromatic rings. The minimum absolute atomic E-state index is 1.11. The van der Waals surface area contributed by atoms with Crippen LogP contribution >= 0.6 is 0 Å². The number of anilines is 9. The SMILES string of the molecule is Cc1ccc(N(c2ccc(C)cc2)c2ccc(C=Cc3ccc(N(c4ccc(C=Cc5ccc(N(c6ccc(C)cc6)c6ccc(C)cc6)cc5C)cc4)c4ccc(C)cc4C)cc3)c(C)c2)cc1. The summed E-state index contributed by atoms with van der Waals surface area (Å²) in [6, 6.07) is 73.0. The van der Waals surface area contributed by atoms with Gasteiger partial charge in [0.1, 0.15) is 0 Å². The first-order chi connectivity index (χ1) is 33.4. The summed E-state index contributed by atoms with van der Waals surface area (Å²) in [5, 5.41) is 0. The molecule has 0 aliphatic rings. The fraction of sp³-hybridized carbons (Fsp3) is 0.121. The molecule has 0 saturated heterocycles. The normalized spacial score (nSPS) is 11.4. The summed E-state index contributed by atoms with van der Waals surface area (Å²) in [5.41, 5.74) is 24.8. The highest BCUT2D eigenvalue weighted by atomic mass is 15.2. The van der Waals surface area contributed by atoms with Gasteiger partial charge in [0.05, 0.1) is 0 Å². The Morgan fingerprint density at radius 3 is 0.841 bits per heavy atom. The number of aryl methyl sites for hydroxylation is 8. The minimum atomic E-state index is 1.11. The predicted molar refractivity (Wildman–Crippen MR) is 299 cm³/mol. The van der Waals surface area contributed by atoms with Crippen molar-refractivity contribution in [3.05, 3.63) is 267 Å². The van der Waals surface area contributed by atoms with E-state index >= 15 is 0 Å². The van der Waals surface area contributed by atoms with Gasteiger partial charge in [-0.15, -0.1) is 0 Å². The van der Waals surface area contributed by atoms with Crippen molar-refractivity contribution < 1.29 is 0 Å². The van der Waals surface area contributed by atoms with Gasteiger partial charge >= 0.3 is 0 Å². The lowest BCUT2D eigenvalue weighted by atomic mass is 10.0. The lowest BCUT2D eigenvalue weighted by Gasteiger charge is -2.27. The molecule has 3 heteroatoms. The Balaban J connectivity index is 0.941. The van der Waals surface area contributed by atoms with Gasteiger partial charge in [0.15, 0.2) is 0 Å². The number of benzene rings is 9. The highest BCUT2D eigenvalue weighted by Crippen LogP contribution is 2.40. The van der Waals surface area contributed by atoms with Gasteiger partial charge in [-0.25, -0.2) is 0 Å². The average Bonchev–Trinajstić information content (AvgIpc) is 3.35. The summed E-state index contributed by atoms with van der Waals surface area (Å²) in [7, 11) is 0. The van der Waals surface area contributed by atoms with Crippen LogP contribution in [0, 0.1) is 55.4 Å². The molecule has 0 amide bonds. The molecule has 0 saturated carbocycles. The summed E-state index contributed by atoms with van der Waals surface area (Å²) in [5.74, 6) is 0. The molecule has 0 aromatic heterocycles. The second kappa shape index (κ2) is 20.4. The third kappa shape index (κ3) is 10.7. The zero-order valence-corrected chi connectivity index (χ0v) is 41.2. The van der Waals surface area contributed by atoms with E-state index in [1.807, 2.05) is 0 Å². The molecular weight excluding hydrogens is 835 g/mol. The van der Waals surface area contributed by atoms with Crippen LogP contribution in [0.2, 0.25) is 0 Å². The van der Waals surface area contributed by atoms with Crippen LogP contribution in [-0.4, -0.2) is 0 Å². The lowest BCUT2D eigenvalue weighted by molar-refractivity contribution is 1.24. The molecule has 9 rings (SSSR count). The highest BCUT2D eigenvalue weighted by molar-refractivity contribution is 5.84. The lowest BCUT2D eigenvalue weighted by Crippen LogP contribution is -2.11. The summed E-state index contributed by atoms with van der Waals surface area (Å²) >= 11 is 0. The molecular formula is C66H61N3. The van der Waals surface area contributed by atoms with Gasteiger partial charge in [-0.3, -0.25) is 0 Å². The van der Waals surface area contributed by atoms with E-state index < -0.39 is 0 Å². The monoisotopic (exact) mass is 895 g/mol. The van der Waals surface area contributed by atoms with E-state index in [0.717, 1.165) is 62.3 Å². The van der Waals surface area contributed by atoms with Gasteiger partial charge in [0.25, 0.3) is 0 Å². The Bertz CT molecular complexity index is 2960. The van der Waals surface area contributed by atoms with E-state index in [9.17, 15) is 0 Å². The maximum absolute atomic E-state index is 2.36. The number of hydrogen-bond donors (Lipinski definition) is 0. The molecule has 0 heterocycles. The van der Waals surface area contributed by atoms with Crippen molar-refractivity contribution in [2.45, 2.75) is 55.4 Å². The summed E-state index contributed by atoms with van der Waals surface area (Å²) in [6.07, 6.45) is 8.88. The molecule has 0 atom stereocenters. The standard InChI is InChI=1S/C66H61N3/c1-46-9-28-58(29-10-46)67(59-30-11-47(2)12-31-59)64-40-26-56(51(6)44-64)24-18-54-20-36-62(37-21-54)69(66-42-17-50(5)43-53(66)8)63-38-22-55(23-39-63)19-25-57-27-41-65(45-52(57)7)68(60-32-13-48(3)14-33-60)61-34-15-49(4)16-35-61/h9-45H,1-8H3. The van der Waals surface area contributed by atoms with Crippen molar-refractivity contribution in [2.75, 3.05) is 14.7 Å². The zero-order chi connectivity index (χ0) is 48.0. The van der Waals surface area contributed by atoms with E-state index in [1.165, 1.54) is 55.6 Å². The van der Waals surface area contributed by atoms with E-state index in [0.29, 0.717) is 0 Å². The molecule has 340 valence electrons. The van der Waals surface area contributed by atoms with Crippen molar-refractivity contribution in [1.82, 2.24) is 0 Å². The van der Waals surface area contributed by atoms with Crippen LogP contribution in [-0.2, 0) is 0 Å². The van der Waals surface area contributed by atoms with Crippen LogP contribution in [0.3, 0.4) is 0 Å². The van der Waals surface area contributed by atoms with Gasteiger partial charge in [0, 0.05) is 51.2 Å². The molecule has 3 nitrogen and oxygen atoms in total. The van der Waals surface area contributed by atoms with Crippen LogP contribution in [0.1, 0.15) is 66.8 Å². The second-order valence-electron chi connectivity index (χ2n) is 18.6. The summed E-state index contributed by atoms with van der Waals surface area (Å²) in [4.78, 5) is 7.03. The average molecular weight is 896 g/mol. The van der Waals surface area contributed by atoms with Crippen molar-refractivity contribution >= 4 is 75.5 Å². The van der Waals surface area contributed by atoms with Crippen molar-refractivity contribution in [1.29, 1.82) is 0 Å². The molecule has 0 aliphatic heterocycles. The number of rotatable bonds is 13. The minimum Gasteiger partial charge on any atom is -0.310 e. The quantitative estimate of drug-likeness (QED) is 0.107. The van der Waals surface area contributed by atoms with Gasteiger partial charge in [-0.05, 0) is 197 Å². The Kier molecular flexibility index (Phi) is 13.6. The second-order valence-corrected chi connectivity index (χ2v) is 18.6. The van der Waals surface area contributed by atoms with Crippen LogP contribution in [0.4, 0.5) is 51.2 Å². The van der Waals surface area contributed by atoms with Crippen molar-refractivity contribution in [2.24, 2.45) is 0 Å². The maximum Gasteiger partial charge on any atom is 0.0490 e. The highest BCUT2D eigenvalue weighted by Gasteiger charge is 2.17. The Morgan fingerprint density at radius 2 is 0.522 bits per heavy atom. The Labute approximate surface area is 410 Å². The molecule has 69 heavy (non-hydrogen) atoms. The number of nitrogens with zero attached hydrogens (tertiary/aromatic N) is 3. The van der Waals surface area contributed by atoms with Crippen molar-refractivity contribution in [3.63, 3.8) is 0 Å². The van der Waals surface area contributed by atoms with Gasteiger partial charge < -0.3 is 14.7 Å². The van der Waals surface area contributed by atoms with Crippen LogP contribution in [0.15, 0.2) is 200 Å². The summed E-state index contributed by atoms with van der Waals surface area (Å²) < 4.78 is 0. The third-order valence-electron chi connectivity index (χ3n) is 13.0. The first-order valence-corrected chi connectivity index (χ1v) is 24.0. The van der Waals surface area contributed by atoms with E-state index in [4.69, 9.17) is 0 Å². The van der Waals surface area contributed by atoms with Crippen LogP contribution < -0.4 is 14.7 Å². The van der Waals surface area contributed by atoms with Gasteiger partial charge in [0.2, 0.25) is 0 Å². The molecule has 0 radical (unpaired) electrons. The van der Waals surface area contributed by atoms with Crippen molar-refractivity contribution in [3.8, 4) is 0 Å². The third-order valence-corrected chi connectivity index (χ3v) is 13.0. The van der Waals surface area contributed by atoms with Crippen LogP contribution in [0.5, 0.6) is 0 Å². The van der Waals surface area contributed by atoms with E-state index in [1.54, 1.807) is 0 Å². The molecule has 0 bridgehead atoms. The molecule has 9 aromatic carbocycles.